The number of hydrogen-bond acceptors (Lipinski definition) is 3. The highest BCUT2D eigenvalue weighted by atomic mass is 16.1. The van der Waals surface area contributed by atoms with Gasteiger partial charge in [0.1, 0.15) is 0 Å². The Bertz CT molecular complexity index is 1220. The molecule has 0 aliphatic heterocycles. The summed E-state index contributed by atoms with van der Waals surface area (Å²) in [6.45, 7) is 4.64. The van der Waals surface area contributed by atoms with Gasteiger partial charge >= 0.3 is 0 Å². The SMILES string of the molecule is Cc1cc(C(=O)Cn2cnc3ccccc3c2=O)c(C)n1Cc1ccccc1. The summed E-state index contributed by atoms with van der Waals surface area (Å²) in [5, 5.41) is 0.521. The highest BCUT2D eigenvalue weighted by Gasteiger charge is 2.17. The summed E-state index contributed by atoms with van der Waals surface area (Å²) in [7, 11) is 0. The lowest BCUT2D eigenvalue weighted by molar-refractivity contribution is 0.0970. The van der Waals surface area contributed by atoms with E-state index < -0.39 is 0 Å². The van der Waals surface area contributed by atoms with Crippen molar-refractivity contribution >= 4 is 16.7 Å². The van der Waals surface area contributed by atoms with Gasteiger partial charge in [-0.1, -0.05) is 42.5 Å². The maximum absolute atomic E-state index is 12.9. The summed E-state index contributed by atoms with van der Waals surface area (Å²) >= 11 is 0. The predicted molar refractivity (Wildman–Crippen MR) is 110 cm³/mol. The Morgan fingerprint density at radius 2 is 1.71 bits per heavy atom. The number of benzene rings is 2. The molecule has 140 valence electrons. The Hall–Kier alpha value is -3.47. The number of ketones is 1. The first-order valence-corrected chi connectivity index (χ1v) is 9.22. The summed E-state index contributed by atoms with van der Waals surface area (Å²) in [5.74, 6) is -0.0911. The monoisotopic (exact) mass is 371 g/mol. The molecule has 2 heterocycles. The van der Waals surface area contributed by atoms with Gasteiger partial charge in [0.2, 0.25) is 0 Å². The Labute approximate surface area is 162 Å². The van der Waals surface area contributed by atoms with Crippen LogP contribution in [0.5, 0.6) is 0 Å². The minimum Gasteiger partial charge on any atom is -0.344 e. The summed E-state index contributed by atoms with van der Waals surface area (Å²) in [6.07, 6.45) is 1.45. The summed E-state index contributed by atoms with van der Waals surface area (Å²) in [4.78, 5) is 29.9. The zero-order valence-corrected chi connectivity index (χ0v) is 15.9. The van der Waals surface area contributed by atoms with E-state index in [1.807, 2.05) is 44.2 Å². The zero-order chi connectivity index (χ0) is 19.7. The third-order valence-corrected chi connectivity index (χ3v) is 5.10. The molecule has 0 bridgehead atoms. The maximum atomic E-state index is 12.9. The lowest BCUT2D eigenvalue weighted by Gasteiger charge is -2.10. The number of rotatable bonds is 5. The van der Waals surface area contributed by atoms with E-state index in [9.17, 15) is 9.59 Å². The van der Waals surface area contributed by atoms with Crippen LogP contribution in [0.15, 0.2) is 71.8 Å². The third kappa shape index (κ3) is 3.27. The largest absolute Gasteiger partial charge is 0.344 e. The third-order valence-electron chi connectivity index (χ3n) is 5.10. The van der Waals surface area contributed by atoms with Gasteiger partial charge in [0.25, 0.3) is 5.56 Å². The van der Waals surface area contributed by atoms with Crippen molar-refractivity contribution in [3.05, 3.63) is 99.9 Å². The van der Waals surface area contributed by atoms with E-state index in [-0.39, 0.29) is 17.9 Å². The fourth-order valence-electron chi connectivity index (χ4n) is 3.55. The van der Waals surface area contributed by atoms with Crippen LogP contribution in [-0.4, -0.2) is 19.9 Å². The molecule has 0 atom stereocenters. The van der Waals surface area contributed by atoms with Crippen molar-refractivity contribution in [1.82, 2.24) is 14.1 Å². The molecule has 0 amide bonds. The van der Waals surface area contributed by atoms with Crippen LogP contribution in [0.4, 0.5) is 0 Å². The lowest BCUT2D eigenvalue weighted by atomic mass is 10.1. The van der Waals surface area contributed by atoms with Gasteiger partial charge in [-0.05, 0) is 37.6 Å². The Kier molecular flexibility index (Phi) is 4.65. The molecule has 28 heavy (non-hydrogen) atoms. The molecule has 5 nitrogen and oxygen atoms in total. The minimum atomic E-state index is -0.197. The van der Waals surface area contributed by atoms with E-state index in [2.05, 4.69) is 21.7 Å². The smallest absolute Gasteiger partial charge is 0.261 e. The molecule has 0 radical (unpaired) electrons. The normalized spacial score (nSPS) is 11.1. The van der Waals surface area contributed by atoms with Crippen LogP contribution in [0.25, 0.3) is 10.9 Å². The van der Waals surface area contributed by atoms with Crippen LogP contribution >= 0.6 is 0 Å². The number of Topliss-reactive ketones (excluding diaryl/α,β-unsaturated/α-hetero) is 1. The van der Waals surface area contributed by atoms with Gasteiger partial charge in [-0.3, -0.25) is 14.2 Å². The number of carbonyl (C=O) groups excluding carboxylic acids is 1. The molecule has 0 unspecified atom stereocenters. The van der Waals surface area contributed by atoms with Crippen LogP contribution in [0.3, 0.4) is 0 Å². The van der Waals surface area contributed by atoms with Gasteiger partial charge in [-0.25, -0.2) is 4.98 Å². The second-order valence-electron chi connectivity index (χ2n) is 6.97. The Morgan fingerprint density at radius 1 is 1.00 bits per heavy atom. The van der Waals surface area contributed by atoms with Crippen LogP contribution in [0, 0.1) is 13.8 Å². The van der Waals surface area contributed by atoms with E-state index in [4.69, 9.17) is 0 Å². The van der Waals surface area contributed by atoms with E-state index >= 15 is 0 Å². The first-order chi connectivity index (χ1) is 13.5. The van der Waals surface area contributed by atoms with E-state index in [1.54, 1.807) is 18.2 Å². The molecule has 0 spiro atoms. The van der Waals surface area contributed by atoms with Crippen molar-refractivity contribution in [2.24, 2.45) is 0 Å². The molecular formula is C23H21N3O2. The van der Waals surface area contributed by atoms with Crippen molar-refractivity contribution in [3.63, 3.8) is 0 Å². The first-order valence-electron chi connectivity index (χ1n) is 9.22. The van der Waals surface area contributed by atoms with Gasteiger partial charge in [-0.15, -0.1) is 0 Å². The summed E-state index contributed by atoms with van der Waals surface area (Å²) in [5.41, 5.74) is 4.20. The number of hydrogen-bond donors (Lipinski definition) is 0. The van der Waals surface area contributed by atoms with E-state index in [0.717, 1.165) is 11.4 Å². The van der Waals surface area contributed by atoms with Crippen molar-refractivity contribution in [2.45, 2.75) is 26.9 Å². The van der Waals surface area contributed by atoms with Gasteiger partial charge in [0.05, 0.1) is 23.8 Å². The van der Waals surface area contributed by atoms with Crippen molar-refractivity contribution in [3.8, 4) is 0 Å². The average Bonchev–Trinajstić information content (AvgIpc) is 2.99. The molecule has 2 aromatic carbocycles. The van der Waals surface area contributed by atoms with E-state index in [1.165, 1.54) is 16.5 Å². The number of carbonyl (C=O) groups is 1. The van der Waals surface area contributed by atoms with Crippen LogP contribution in [0.2, 0.25) is 0 Å². The molecule has 4 aromatic rings. The first kappa shape index (κ1) is 17.9. The fraction of sp³-hybridized carbons (Fsp3) is 0.174. The number of aryl methyl sites for hydroxylation is 1. The van der Waals surface area contributed by atoms with Gasteiger partial charge in [-0.2, -0.15) is 0 Å². The molecule has 5 heteroatoms. The van der Waals surface area contributed by atoms with Crippen LogP contribution in [0.1, 0.15) is 27.3 Å². The number of aromatic nitrogens is 3. The van der Waals surface area contributed by atoms with Gasteiger partial charge < -0.3 is 4.57 Å². The van der Waals surface area contributed by atoms with Crippen molar-refractivity contribution < 1.29 is 4.79 Å². The molecule has 0 N–H and O–H groups in total. The molecular weight excluding hydrogens is 350 g/mol. The molecule has 0 fully saturated rings. The van der Waals surface area contributed by atoms with Crippen molar-refractivity contribution in [2.75, 3.05) is 0 Å². The molecule has 0 aliphatic rings. The minimum absolute atomic E-state index is 0.0215. The highest BCUT2D eigenvalue weighted by Crippen LogP contribution is 2.18. The van der Waals surface area contributed by atoms with E-state index in [0.29, 0.717) is 23.0 Å². The molecule has 0 aliphatic carbocycles. The van der Waals surface area contributed by atoms with Gasteiger partial charge in [0.15, 0.2) is 5.78 Å². The topological polar surface area (TPSA) is 56.9 Å². The lowest BCUT2D eigenvalue weighted by Crippen LogP contribution is -2.25. The van der Waals surface area contributed by atoms with Crippen LogP contribution < -0.4 is 5.56 Å². The maximum Gasteiger partial charge on any atom is 0.261 e. The van der Waals surface area contributed by atoms with Crippen LogP contribution in [-0.2, 0) is 13.1 Å². The Morgan fingerprint density at radius 3 is 2.50 bits per heavy atom. The zero-order valence-electron chi connectivity index (χ0n) is 15.9. The molecule has 2 aromatic heterocycles. The number of nitrogens with zero attached hydrogens (tertiary/aromatic N) is 3. The highest BCUT2D eigenvalue weighted by molar-refractivity contribution is 5.97. The number of fused-ring (bicyclic) bond motifs is 1. The predicted octanol–water partition coefficient (Wildman–Crippen LogP) is 3.75. The number of para-hydroxylation sites is 1. The average molecular weight is 371 g/mol. The van der Waals surface area contributed by atoms with Crippen molar-refractivity contribution in [1.29, 1.82) is 0 Å². The molecule has 0 saturated heterocycles. The Balaban J connectivity index is 1.63. The fourth-order valence-corrected chi connectivity index (χ4v) is 3.55. The quantitative estimate of drug-likeness (QED) is 0.502. The standard InChI is InChI=1S/C23H21N3O2/c1-16-12-20(17(2)26(16)13-18-8-4-3-5-9-18)22(27)14-25-15-24-21-11-7-6-10-19(21)23(25)28/h3-12,15H,13-14H2,1-2H3. The van der Waals surface area contributed by atoms with Gasteiger partial charge in [0, 0.05) is 23.5 Å². The second kappa shape index (κ2) is 7.27. The molecule has 0 saturated carbocycles. The summed E-state index contributed by atoms with van der Waals surface area (Å²) in [6, 6.07) is 19.2. The summed E-state index contributed by atoms with van der Waals surface area (Å²) < 4.78 is 3.51. The molecule has 4 rings (SSSR count). The second-order valence-corrected chi connectivity index (χ2v) is 6.97.